The summed E-state index contributed by atoms with van der Waals surface area (Å²) in [5.74, 6) is 1.07. The maximum atomic E-state index is 12.0. The molecule has 0 saturated heterocycles. The standard InChI is InChI=1S/C11H17N3O/c1-2-8-4-3-5-9(6-8)11(15)10-7-12-14-13-10/h7-9H,2-6H2,1H3,(H,12,13,14). The quantitative estimate of drug-likeness (QED) is 0.773. The summed E-state index contributed by atoms with van der Waals surface area (Å²) in [6.45, 7) is 2.20. The maximum absolute atomic E-state index is 12.0. The molecular formula is C11H17N3O. The van der Waals surface area contributed by atoms with Gasteiger partial charge in [0.25, 0.3) is 0 Å². The number of hydrogen-bond acceptors (Lipinski definition) is 3. The smallest absolute Gasteiger partial charge is 0.187 e. The summed E-state index contributed by atoms with van der Waals surface area (Å²) in [5, 5.41) is 10.0. The van der Waals surface area contributed by atoms with E-state index in [4.69, 9.17) is 0 Å². The van der Waals surface area contributed by atoms with Crippen molar-refractivity contribution in [2.45, 2.75) is 39.0 Å². The monoisotopic (exact) mass is 207 g/mol. The predicted octanol–water partition coefficient (Wildman–Crippen LogP) is 2.20. The molecule has 1 aliphatic rings. The van der Waals surface area contributed by atoms with Gasteiger partial charge in [0.15, 0.2) is 5.78 Å². The molecule has 0 radical (unpaired) electrons. The Kier molecular flexibility index (Phi) is 3.14. The van der Waals surface area contributed by atoms with Crippen molar-refractivity contribution in [2.75, 3.05) is 0 Å². The number of Topliss-reactive ketones (excluding diaryl/α,β-unsaturated/α-hetero) is 1. The Morgan fingerprint density at radius 2 is 2.47 bits per heavy atom. The van der Waals surface area contributed by atoms with E-state index in [2.05, 4.69) is 22.3 Å². The fraction of sp³-hybridized carbons (Fsp3) is 0.727. The van der Waals surface area contributed by atoms with Crippen LogP contribution in [-0.2, 0) is 0 Å². The highest BCUT2D eigenvalue weighted by Crippen LogP contribution is 2.32. The lowest BCUT2D eigenvalue weighted by Crippen LogP contribution is -2.23. The lowest BCUT2D eigenvalue weighted by molar-refractivity contribution is 0.0856. The van der Waals surface area contributed by atoms with Gasteiger partial charge in [0, 0.05) is 5.92 Å². The number of hydrogen-bond donors (Lipinski definition) is 1. The highest BCUT2D eigenvalue weighted by molar-refractivity contribution is 5.95. The first kappa shape index (κ1) is 10.3. The van der Waals surface area contributed by atoms with Crippen LogP contribution in [0.25, 0.3) is 0 Å². The van der Waals surface area contributed by atoms with Crippen LogP contribution in [0.4, 0.5) is 0 Å². The molecule has 1 aromatic heterocycles. The minimum absolute atomic E-state index is 0.168. The van der Waals surface area contributed by atoms with E-state index in [-0.39, 0.29) is 11.7 Å². The molecule has 2 atom stereocenters. The Balaban J connectivity index is 2.01. The predicted molar refractivity (Wildman–Crippen MR) is 56.5 cm³/mol. The Morgan fingerprint density at radius 3 is 3.13 bits per heavy atom. The van der Waals surface area contributed by atoms with Crippen LogP contribution in [0.5, 0.6) is 0 Å². The largest absolute Gasteiger partial charge is 0.292 e. The van der Waals surface area contributed by atoms with Gasteiger partial charge < -0.3 is 0 Å². The molecule has 0 aliphatic heterocycles. The third-order valence-electron chi connectivity index (χ3n) is 3.40. The first-order chi connectivity index (χ1) is 7.31. The lowest BCUT2D eigenvalue weighted by atomic mass is 9.78. The molecule has 4 nitrogen and oxygen atoms in total. The van der Waals surface area contributed by atoms with E-state index >= 15 is 0 Å². The van der Waals surface area contributed by atoms with Gasteiger partial charge in [-0.15, -0.1) is 0 Å². The van der Waals surface area contributed by atoms with Gasteiger partial charge in [-0.25, -0.2) is 0 Å². The summed E-state index contributed by atoms with van der Waals surface area (Å²) in [6.07, 6.45) is 7.21. The van der Waals surface area contributed by atoms with Gasteiger partial charge in [0.1, 0.15) is 5.69 Å². The van der Waals surface area contributed by atoms with E-state index in [0.717, 1.165) is 18.8 Å². The molecule has 1 saturated carbocycles. The molecule has 0 aromatic carbocycles. The van der Waals surface area contributed by atoms with Crippen LogP contribution in [-0.4, -0.2) is 21.2 Å². The molecule has 0 spiro atoms. The molecule has 4 heteroatoms. The van der Waals surface area contributed by atoms with E-state index in [1.54, 1.807) is 0 Å². The first-order valence-electron chi connectivity index (χ1n) is 5.71. The van der Waals surface area contributed by atoms with Crippen LogP contribution in [0.1, 0.15) is 49.5 Å². The number of nitrogens with zero attached hydrogens (tertiary/aromatic N) is 2. The summed E-state index contributed by atoms with van der Waals surface area (Å²) in [4.78, 5) is 12.0. The molecule has 1 N–H and O–H groups in total. The van der Waals surface area contributed by atoms with E-state index in [1.165, 1.54) is 25.5 Å². The molecule has 2 unspecified atom stereocenters. The molecule has 2 rings (SSSR count). The molecule has 0 bridgehead atoms. The molecule has 1 aromatic rings. The highest BCUT2D eigenvalue weighted by atomic mass is 16.1. The summed E-state index contributed by atoms with van der Waals surface area (Å²) >= 11 is 0. The highest BCUT2D eigenvalue weighted by Gasteiger charge is 2.28. The van der Waals surface area contributed by atoms with Gasteiger partial charge in [0.05, 0.1) is 6.20 Å². The van der Waals surface area contributed by atoms with Crippen LogP contribution in [0, 0.1) is 11.8 Å². The van der Waals surface area contributed by atoms with Crippen molar-refractivity contribution in [3.63, 3.8) is 0 Å². The number of carbonyl (C=O) groups excluding carboxylic acids is 1. The van der Waals surface area contributed by atoms with Gasteiger partial charge in [-0.05, 0) is 18.8 Å². The molecular weight excluding hydrogens is 190 g/mol. The average Bonchev–Trinajstić information content (AvgIpc) is 2.81. The van der Waals surface area contributed by atoms with Crippen LogP contribution < -0.4 is 0 Å². The Hall–Kier alpha value is -1.19. The summed E-state index contributed by atoms with van der Waals surface area (Å²) in [5.41, 5.74) is 0.497. The molecule has 1 aliphatic carbocycles. The summed E-state index contributed by atoms with van der Waals surface area (Å²) in [6, 6.07) is 0. The van der Waals surface area contributed by atoms with Gasteiger partial charge in [0.2, 0.25) is 0 Å². The number of carbonyl (C=O) groups is 1. The van der Waals surface area contributed by atoms with Gasteiger partial charge >= 0.3 is 0 Å². The van der Waals surface area contributed by atoms with Crippen molar-refractivity contribution in [2.24, 2.45) is 11.8 Å². The van der Waals surface area contributed by atoms with E-state index in [9.17, 15) is 4.79 Å². The van der Waals surface area contributed by atoms with Crippen LogP contribution in [0.3, 0.4) is 0 Å². The average molecular weight is 207 g/mol. The van der Waals surface area contributed by atoms with E-state index < -0.39 is 0 Å². The van der Waals surface area contributed by atoms with Crippen molar-refractivity contribution in [1.29, 1.82) is 0 Å². The van der Waals surface area contributed by atoms with E-state index in [0.29, 0.717) is 5.69 Å². The number of rotatable bonds is 3. The van der Waals surface area contributed by atoms with Crippen molar-refractivity contribution < 1.29 is 4.79 Å². The molecule has 82 valence electrons. The van der Waals surface area contributed by atoms with Crippen molar-refractivity contribution in [3.05, 3.63) is 11.9 Å². The number of nitrogens with one attached hydrogen (secondary N) is 1. The molecule has 0 amide bonds. The number of aromatic amines is 1. The normalized spacial score (nSPS) is 26.5. The second kappa shape index (κ2) is 4.55. The van der Waals surface area contributed by atoms with E-state index in [1.807, 2.05) is 0 Å². The van der Waals surface area contributed by atoms with Gasteiger partial charge in [-0.2, -0.15) is 15.4 Å². The topological polar surface area (TPSA) is 58.6 Å². The Labute approximate surface area is 89.5 Å². The first-order valence-corrected chi connectivity index (χ1v) is 5.71. The van der Waals surface area contributed by atoms with Crippen molar-refractivity contribution in [1.82, 2.24) is 15.4 Å². The minimum Gasteiger partial charge on any atom is -0.292 e. The molecule has 1 heterocycles. The minimum atomic E-state index is 0.168. The third kappa shape index (κ3) is 2.25. The van der Waals surface area contributed by atoms with Crippen LogP contribution in [0.15, 0.2) is 6.20 Å². The molecule has 15 heavy (non-hydrogen) atoms. The second-order valence-corrected chi connectivity index (χ2v) is 4.36. The third-order valence-corrected chi connectivity index (χ3v) is 3.40. The zero-order chi connectivity index (χ0) is 10.7. The second-order valence-electron chi connectivity index (χ2n) is 4.36. The van der Waals surface area contributed by atoms with Gasteiger partial charge in [-0.3, -0.25) is 4.79 Å². The lowest BCUT2D eigenvalue weighted by Gasteiger charge is -2.26. The number of H-pyrrole nitrogens is 1. The van der Waals surface area contributed by atoms with Crippen molar-refractivity contribution in [3.8, 4) is 0 Å². The van der Waals surface area contributed by atoms with Gasteiger partial charge in [-0.1, -0.05) is 26.2 Å². The number of aromatic nitrogens is 3. The fourth-order valence-corrected chi connectivity index (χ4v) is 2.43. The Bertz CT molecular complexity index is 321. The SMILES string of the molecule is CCC1CCCC(C(=O)c2cn[nH]n2)C1. The Morgan fingerprint density at radius 1 is 1.60 bits per heavy atom. The fourth-order valence-electron chi connectivity index (χ4n) is 2.43. The maximum Gasteiger partial charge on any atom is 0.187 e. The summed E-state index contributed by atoms with van der Waals surface area (Å²) in [7, 11) is 0. The van der Waals surface area contributed by atoms with Crippen molar-refractivity contribution >= 4 is 5.78 Å². The zero-order valence-electron chi connectivity index (χ0n) is 9.07. The molecule has 1 fully saturated rings. The van der Waals surface area contributed by atoms with Crippen LogP contribution in [0.2, 0.25) is 0 Å². The van der Waals surface area contributed by atoms with Crippen LogP contribution >= 0.6 is 0 Å². The zero-order valence-corrected chi connectivity index (χ0v) is 9.07. The summed E-state index contributed by atoms with van der Waals surface area (Å²) < 4.78 is 0. The number of ketones is 1.